The van der Waals surface area contributed by atoms with E-state index in [1.807, 2.05) is 12.1 Å². The maximum absolute atomic E-state index is 5.12. The number of nitrogens with one attached hydrogen (secondary N) is 1. The number of benzene rings is 1. The molecule has 2 aromatic rings. The highest BCUT2D eigenvalue weighted by molar-refractivity contribution is 5.90. The van der Waals surface area contributed by atoms with Gasteiger partial charge >= 0.3 is 0 Å². The second-order valence-electron chi connectivity index (χ2n) is 6.00. The second kappa shape index (κ2) is 6.92. The van der Waals surface area contributed by atoms with Gasteiger partial charge in [-0.3, -0.25) is 0 Å². The Morgan fingerprint density at radius 1 is 1.32 bits per heavy atom. The largest absolute Gasteiger partial charge is 0.383 e. The monoisotopic (exact) mass is 300 g/mol. The molecule has 118 valence electrons. The number of hydrogen-bond donors (Lipinski definition) is 1. The first kappa shape index (κ1) is 15.0. The molecule has 0 aliphatic carbocycles. The summed E-state index contributed by atoms with van der Waals surface area (Å²) in [5.41, 5.74) is 0.991. The zero-order valence-electron chi connectivity index (χ0n) is 13.4. The maximum atomic E-state index is 5.12. The lowest BCUT2D eigenvalue weighted by atomic mass is 10.0. The standard InChI is InChI=1S/C17H24N4O/c1-13-6-5-10-21(12-13)17-19-15-8-4-3-7-14(15)16(20-17)18-9-11-22-2/h3-4,7-8,13H,5-6,9-12H2,1-2H3,(H,18,19,20). The molecular weight excluding hydrogens is 276 g/mol. The quantitative estimate of drug-likeness (QED) is 0.860. The van der Waals surface area contributed by atoms with E-state index in [4.69, 9.17) is 14.7 Å². The van der Waals surface area contributed by atoms with Crippen LogP contribution >= 0.6 is 0 Å². The van der Waals surface area contributed by atoms with Crippen molar-refractivity contribution < 1.29 is 4.74 Å². The minimum absolute atomic E-state index is 0.661. The Balaban J connectivity index is 1.93. The van der Waals surface area contributed by atoms with Crippen molar-refractivity contribution in [2.24, 2.45) is 5.92 Å². The maximum Gasteiger partial charge on any atom is 0.227 e. The number of fused-ring (bicyclic) bond motifs is 1. The molecule has 1 unspecified atom stereocenters. The molecular formula is C17H24N4O. The number of nitrogens with zero attached hydrogens (tertiary/aromatic N) is 3. The number of piperidine rings is 1. The van der Waals surface area contributed by atoms with E-state index in [-0.39, 0.29) is 0 Å². The molecule has 2 heterocycles. The van der Waals surface area contributed by atoms with Gasteiger partial charge in [0.25, 0.3) is 0 Å². The van der Waals surface area contributed by atoms with Gasteiger partial charge in [-0.25, -0.2) is 4.98 Å². The normalized spacial score (nSPS) is 18.6. The molecule has 0 saturated carbocycles. The van der Waals surface area contributed by atoms with Gasteiger partial charge in [-0.15, -0.1) is 0 Å². The number of ether oxygens (including phenoxy) is 1. The summed E-state index contributed by atoms with van der Waals surface area (Å²) in [5, 5.41) is 4.44. The number of methoxy groups -OCH3 is 1. The summed E-state index contributed by atoms with van der Waals surface area (Å²) < 4.78 is 5.12. The first-order valence-electron chi connectivity index (χ1n) is 8.02. The first-order valence-corrected chi connectivity index (χ1v) is 8.02. The average Bonchev–Trinajstić information content (AvgIpc) is 2.55. The summed E-state index contributed by atoms with van der Waals surface area (Å²) in [6, 6.07) is 8.16. The highest BCUT2D eigenvalue weighted by Gasteiger charge is 2.20. The van der Waals surface area contributed by atoms with E-state index < -0.39 is 0 Å². The topological polar surface area (TPSA) is 50.3 Å². The van der Waals surface area contributed by atoms with Crippen LogP contribution in [0.4, 0.5) is 11.8 Å². The molecule has 1 aromatic heterocycles. The van der Waals surface area contributed by atoms with Crippen molar-refractivity contribution in [3.8, 4) is 0 Å². The van der Waals surface area contributed by atoms with Crippen molar-refractivity contribution in [1.82, 2.24) is 9.97 Å². The van der Waals surface area contributed by atoms with E-state index in [0.717, 1.165) is 42.3 Å². The molecule has 1 saturated heterocycles. The van der Waals surface area contributed by atoms with Crippen molar-refractivity contribution in [1.29, 1.82) is 0 Å². The summed E-state index contributed by atoms with van der Waals surface area (Å²) in [6.45, 7) is 5.78. The van der Waals surface area contributed by atoms with Gasteiger partial charge in [0.15, 0.2) is 0 Å². The summed E-state index contributed by atoms with van der Waals surface area (Å²) >= 11 is 0. The third kappa shape index (κ3) is 3.30. The van der Waals surface area contributed by atoms with Crippen LogP contribution in [-0.4, -0.2) is 43.3 Å². The number of para-hydroxylation sites is 1. The number of anilines is 2. The molecule has 1 aliphatic rings. The fraction of sp³-hybridized carbons (Fsp3) is 0.529. The SMILES string of the molecule is COCCNc1nc(N2CCCC(C)C2)nc2ccccc12. The molecule has 1 fully saturated rings. The molecule has 0 spiro atoms. The van der Waals surface area contributed by atoms with Crippen LogP contribution in [0.25, 0.3) is 10.9 Å². The Bertz CT molecular complexity index is 631. The van der Waals surface area contributed by atoms with Crippen LogP contribution in [0.15, 0.2) is 24.3 Å². The van der Waals surface area contributed by atoms with Crippen LogP contribution in [-0.2, 0) is 4.74 Å². The van der Waals surface area contributed by atoms with Gasteiger partial charge < -0.3 is 15.0 Å². The summed E-state index contributed by atoms with van der Waals surface area (Å²) in [6.07, 6.45) is 2.51. The van der Waals surface area contributed by atoms with Crippen molar-refractivity contribution in [2.75, 3.05) is 43.6 Å². The summed E-state index contributed by atoms with van der Waals surface area (Å²) in [5.74, 6) is 2.44. The predicted molar refractivity (Wildman–Crippen MR) is 90.5 cm³/mol. The second-order valence-corrected chi connectivity index (χ2v) is 6.00. The van der Waals surface area contributed by atoms with Crippen molar-refractivity contribution in [2.45, 2.75) is 19.8 Å². The highest BCUT2D eigenvalue weighted by Crippen LogP contribution is 2.26. The molecule has 22 heavy (non-hydrogen) atoms. The van der Waals surface area contributed by atoms with Crippen LogP contribution < -0.4 is 10.2 Å². The van der Waals surface area contributed by atoms with E-state index in [1.54, 1.807) is 7.11 Å². The van der Waals surface area contributed by atoms with Crippen molar-refractivity contribution in [3.63, 3.8) is 0 Å². The van der Waals surface area contributed by atoms with Crippen LogP contribution in [0.5, 0.6) is 0 Å². The first-order chi connectivity index (χ1) is 10.8. The third-order valence-electron chi connectivity index (χ3n) is 4.13. The van der Waals surface area contributed by atoms with Gasteiger partial charge in [0.05, 0.1) is 12.1 Å². The average molecular weight is 300 g/mol. The fourth-order valence-electron chi connectivity index (χ4n) is 2.98. The molecule has 0 bridgehead atoms. The Hall–Kier alpha value is -1.88. The van der Waals surface area contributed by atoms with E-state index in [9.17, 15) is 0 Å². The van der Waals surface area contributed by atoms with E-state index in [0.29, 0.717) is 12.5 Å². The lowest BCUT2D eigenvalue weighted by Gasteiger charge is -2.31. The Kier molecular flexibility index (Phi) is 4.73. The smallest absolute Gasteiger partial charge is 0.227 e. The molecule has 1 N–H and O–H groups in total. The van der Waals surface area contributed by atoms with Crippen LogP contribution in [0.1, 0.15) is 19.8 Å². The third-order valence-corrected chi connectivity index (χ3v) is 4.13. The zero-order valence-corrected chi connectivity index (χ0v) is 13.4. The van der Waals surface area contributed by atoms with Crippen LogP contribution in [0.2, 0.25) is 0 Å². The van der Waals surface area contributed by atoms with E-state index in [2.05, 4.69) is 29.3 Å². The van der Waals surface area contributed by atoms with Gasteiger partial charge in [-0.05, 0) is 30.9 Å². The molecule has 1 aliphatic heterocycles. The zero-order chi connectivity index (χ0) is 15.4. The fourth-order valence-corrected chi connectivity index (χ4v) is 2.98. The molecule has 1 atom stereocenters. The van der Waals surface area contributed by atoms with Crippen LogP contribution in [0.3, 0.4) is 0 Å². The Morgan fingerprint density at radius 3 is 3.00 bits per heavy atom. The molecule has 5 heteroatoms. The summed E-state index contributed by atoms with van der Waals surface area (Å²) in [4.78, 5) is 11.9. The summed E-state index contributed by atoms with van der Waals surface area (Å²) in [7, 11) is 1.71. The Labute approximate surface area is 131 Å². The molecule has 3 rings (SSSR count). The molecule has 1 aromatic carbocycles. The lowest BCUT2D eigenvalue weighted by Crippen LogP contribution is -2.35. The van der Waals surface area contributed by atoms with Crippen molar-refractivity contribution >= 4 is 22.7 Å². The number of hydrogen-bond acceptors (Lipinski definition) is 5. The highest BCUT2D eigenvalue weighted by atomic mass is 16.5. The Morgan fingerprint density at radius 2 is 2.18 bits per heavy atom. The minimum Gasteiger partial charge on any atom is -0.383 e. The van der Waals surface area contributed by atoms with Gasteiger partial charge in [-0.2, -0.15) is 4.98 Å². The van der Waals surface area contributed by atoms with Crippen molar-refractivity contribution in [3.05, 3.63) is 24.3 Å². The van der Waals surface area contributed by atoms with Gasteiger partial charge in [-0.1, -0.05) is 19.1 Å². The van der Waals surface area contributed by atoms with Gasteiger partial charge in [0.2, 0.25) is 5.95 Å². The van der Waals surface area contributed by atoms with E-state index >= 15 is 0 Å². The molecule has 0 amide bonds. The van der Waals surface area contributed by atoms with Crippen LogP contribution in [0, 0.1) is 5.92 Å². The van der Waals surface area contributed by atoms with E-state index in [1.165, 1.54) is 12.8 Å². The number of aromatic nitrogens is 2. The predicted octanol–water partition coefficient (Wildman–Crippen LogP) is 2.92. The number of rotatable bonds is 5. The lowest BCUT2D eigenvalue weighted by molar-refractivity contribution is 0.210. The minimum atomic E-state index is 0.661. The molecule has 5 nitrogen and oxygen atoms in total. The van der Waals surface area contributed by atoms with Gasteiger partial charge in [0, 0.05) is 32.1 Å². The molecule has 0 radical (unpaired) electrons. The van der Waals surface area contributed by atoms with Gasteiger partial charge in [0.1, 0.15) is 5.82 Å².